The van der Waals surface area contributed by atoms with Gasteiger partial charge in [0.15, 0.2) is 11.9 Å². The number of aliphatic carboxylic acids is 1. The van der Waals surface area contributed by atoms with Gasteiger partial charge in [-0.2, -0.15) is 0 Å². The number of aliphatic imine (C=N–C) groups is 2. The van der Waals surface area contributed by atoms with Gasteiger partial charge in [-0.05, 0) is 68.2 Å². The predicted octanol–water partition coefficient (Wildman–Crippen LogP) is -0.219. The minimum absolute atomic E-state index is 0.0361. The Bertz CT molecular complexity index is 2200. The third kappa shape index (κ3) is 22.3. The van der Waals surface area contributed by atoms with E-state index in [0.717, 1.165) is 12.5 Å². The highest BCUT2D eigenvalue weighted by Gasteiger charge is 2.30. The van der Waals surface area contributed by atoms with Crippen LogP contribution in [0.1, 0.15) is 64.0 Å². The monoisotopic (exact) mass is 908 g/mol. The molecule has 0 aliphatic heterocycles. The minimum Gasteiger partial charge on any atom is -0.481 e. The summed E-state index contributed by atoms with van der Waals surface area (Å²) in [5.41, 5.74) is 23.2. The minimum atomic E-state index is -1.21. The fourth-order valence-corrected chi connectivity index (χ4v) is 5.84. The summed E-state index contributed by atoms with van der Waals surface area (Å²) >= 11 is 0. The average Bonchev–Trinajstić information content (AvgIpc) is 3.22. The Hall–Kier alpha value is -7.72. The Morgan fingerprint density at radius 3 is 1.88 bits per heavy atom. The Labute approximate surface area is 374 Å². The lowest BCUT2D eigenvalue weighted by molar-refractivity contribution is -0.134. The van der Waals surface area contributed by atoms with Crippen molar-refractivity contribution >= 4 is 70.2 Å². The van der Waals surface area contributed by atoms with Crippen LogP contribution in [0.3, 0.4) is 0 Å². The lowest BCUT2D eigenvalue weighted by Gasteiger charge is -2.26. The molecule has 0 aliphatic rings. The highest BCUT2D eigenvalue weighted by Crippen LogP contribution is 2.20. The molecule has 3 atom stereocenters. The van der Waals surface area contributed by atoms with E-state index in [1.807, 2.05) is 19.9 Å². The SMILES string of the molecule is CC(=O)O.Cc1cc(=O)oc2cc(NC(=O)CNC(=O)CNC(=O)[C@H](CCCN=C(N)N)NC(=O)[C@H](CC(C)C)NC(=O)[C@H](CCCN=C(N)N)NC(=O)OCc3ccccc3)ccc12. The number of rotatable bonds is 23. The molecule has 3 aromatic rings. The predicted molar refractivity (Wildman–Crippen MR) is 242 cm³/mol. The first-order valence-electron chi connectivity index (χ1n) is 20.5. The number of nitrogens with two attached hydrogens (primary N) is 4. The Morgan fingerprint density at radius 1 is 0.738 bits per heavy atom. The molecule has 6 amide bonds. The van der Waals surface area contributed by atoms with Crippen LogP contribution in [0.15, 0.2) is 73.8 Å². The van der Waals surface area contributed by atoms with Crippen molar-refractivity contribution in [3.8, 4) is 0 Å². The molecule has 0 bridgehead atoms. The van der Waals surface area contributed by atoms with Gasteiger partial charge in [0, 0.05) is 43.2 Å². The first kappa shape index (κ1) is 53.4. The number of hydrogen-bond acceptors (Lipinski definition) is 12. The van der Waals surface area contributed by atoms with Crippen LogP contribution in [-0.4, -0.2) is 103 Å². The van der Waals surface area contributed by atoms with Gasteiger partial charge in [-0.1, -0.05) is 44.2 Å². The first-order valence-corrected chi connectivity index (χ1v) is 20.5. The van der Waals surface area contributed by atoms with Crippen molar-refractivity contribution in [2.24, 2.45) is 38.8 Å². The van der Waals surface area contributed by atoms with Crippen molar-refractivity contribution in [2.45, 2.75) is 84.5 Å². The number of amides is 6. The maximum atomic E-state index is 13.8. The highest BCUT2D eigenvalue weighted by atomic mass is 16.5. The van der Waals surface area contributed by atoms with E-state index < -0.39 is 78.4 Å². The number of ether oxygens (including phenoxy) is 1. The van der Waals surface area contributed by atoms with E-state index in [4.69, 9.17) is 42.0 Å². The summed E-state index contributed by atoms with van der Waals surface area (Å²) in [6.45, 7) is 5.74. The molecule has 0 unspecified atom stereocenters. The first-order chi connectivity index (χ1) is 30.7. The zero-order valence-corrected chi connectivity index (χ0v) is 36.8. The fourth-order valence-electron chi connectivity index (χ4n) is 5.84. The van der Waals surface area contributed by atoms with Crippen molar-refractivity contribution in [1.82, 2.24) is 26.6 Å². The normalized spacial score (nSPS) is 11.8. The van der Waals surface area contributed by atoms with Gasteiger partial charge in [-0.25, -0.2) is 9.59 Å². The second-order valence-corrected chi connectivity index (χ2v) is 14.9. The van der Waals surface area contributed by atoms with E-state index >= 15 is 0 Å². The van der Waals surface area contributed by atoms with Gasteiger partial charge in [-0.15, -0.1) is 0 Å². The van der Waals surface area contributed by atoms with Gasteiger partial charge in [0.2, 0.25) is 29.5 Å². The standard InChI is InChI=1S/C40H56N12O9.C2H4O2/c1-23(2)17-30(51-36(57)29(12-8-16-46-39(43)44)52-40(59)60-22-25-9-5-4-6-10-25)37(58)50-28(11-7-15-45-38(41)42)35(56)48-20-32(53)47-21-33(54)49-26-13-14-27-24(3)18-34(55)61-31(27)19-26;1-2(3)4/h4-6,9-10,13-14,18-19,23,28-30H,7-8,11-12,15-17,20-22H2,1-3H3,(H,47,53)(H,48,56)(H,49,54)(H,50,58)(H,51,57)(H,52,59)(H4,41,42,45)(H4,43,44,46);1H3,(H,3,4)/t28-,29-,30-;/m0./s1. The lowest BCUT2D eigenvalue weighted by Crippen LogP contribution is -2.57. The summed E-state index contributed by atoms with van der Waals surface area (Å²) < 4.78 is 10.5. The smallest absolute Gasteiger partial charge is 0.408 e. The molecule has 15 N–H and O–H groups in total. The van der Waals surface area contributed by atoms with Crippen molar-refractivity contribution in [2.75, 3.05) is 31.5 Å². The molecule has 0 spiro atoms. The van der Waals surface area contributed by atoms with Gasteiger partial charge < -0.3 is 69.1 Å². The fraction of sp³-hybridized carbons (Fsp3) is 0.429. The van der Waals surface area contributed by atoms with Crippen LogP contribution < -0.4 is 60.5 Å². The zero-order chi connectivity index (χ0) is 48.5. The second-order valence-electron chi connectivity index (χ2n) is 14.9. The largest absolute Gasteiger partial charge is 0.481 e. The maximum Gasteiger partial charge on any atom is 0.408 e. The molecular weight excluding hydrogens is 849 g/mol. The molecule has 0 radical (unpaired) electrons. The van der Waals surface area contributed by atoms with Gasteiger partial charge >= 0.3 is 11.7 Å². The van der Waals surface area contributed by atoms with Gasteiger partial charge in [0.1, 0.15) is 30.3 Å². The molecule has 2 aromatic carbocycles. The van der Waals surface area contributed by atoms with Crippen molar-refractivity contribution in [1.29, 1.82) is 0 Å². The lowest BCUT2D eigenvalue weighted by atomic mass is 10.0. The Kier molecular flexibility index (Phi) is 23.1. The number of hydrogen-bond donors (Lipinski definition) is 11. The van der Waals surface area contributed by atoms with Crippen LogP contribution in [0.4, 0.5) is 10.5 Å². The second kappa shape index (κ2) is 28.1. The maximum absolute atomic E-state index is 13.8. The van der Waals surface area contributed by atoms with Crippen LogP contribution in [0.25, 0.3) is 11.0 Å². The summed E-state index contributed by atoms with van der Waals surface area (Å²) in [7, 11) is 0. The molecule has 0 saturated carbocycles. The van der Waals surface area contributed by atoms with Crippen molar-refractivity contribution in [3.05, 3.63) is 76.1 Å². The number of carboxylic acids is 1. The van der Waals surface area contributed by atoms with Crippen LogP contribution in [0.5, 0.6) is 0 Å². The summed E-state index contributed by atoms with van der Waals surface area (Å²) in [6, 6.07) is 11.5. The molecule has 0 fully saturated rings. The molecule has 0 saturated heterocycles. The number of aryl methyl sites for hydroxylation is 1. The Balaban J connectivity index is 0.00000348. The quantitative estimate of drug-likeness (QED) is 0.0254. The van der Waals surface area contributed by atoms with Crippen LogP contribution in [0, 0.1) is 12.8 Å². The number of carboxylic acid groups (broad SMARTS) is 1. The van der Waals surface area contributed by atoms with Crippen molar-refractivity contribution < 1.29 is 47.8 Å². The van der Waals surface area contributed by atoms with Crippen molar-refractivity contribution in [3.63, 3.8) is 0 Å². The molecule has 354 valence electrons. The summed E-state index contributed by atoms with van der Waals surface area (Å²) in [5, 5.41) is 23.5. The number of benzene rings is 2. The van der Waals surface area contributed by atoms with Gasteiger partial charge in [0.05, 0.1) is 13.1 Å². The number of alkyl carbamates (subject to hydrolysis) is 1. The summed E-state index contributed by atoms with van der Waals surface area (Å²) in [5.74, 6) is -4.69. The van der Waals surface area contributed by atoms with E-state index in [1.54, 1.807) is 43.3 Å². The summed E-state index contributed by atoms with van der Waals surface area (Å²) in [6.07, 6.45) is -0.0628. The average molecular weight is 909 g/mol. The highest BCUT2D eigenvalue weighted by molar-refractivity contribution is 5.98. The van der Waals surface area contributed by atoms with Gasteiger partial charge in [-0.3, -0.25) is 38.8 Å². The number of nitrogens with zero attached hydrogens (tertiary/aromatic N) is 2. The van der Waals surface area contributed by atoms with E-state index in [2.05, 4.69) is 41.9 Å². The third-order valence-corrected chi connectivity index (χ3v) is 8.79. The topological polar surface area (TPSA) is 380 Å². The number of anilines is 1. The molecule has 23 heteroatoms. The van der Waals surface area contributed by atoms with E-state index in [1.165, 1.54) is 12.1 Å². The molecule has 1 aromatic heterocycles. The number of carbonyl (C=O) groups excluding carboxylic acids is 6. The van der Waals surface area contributed by atoms with E-state index in [9.17, 15) is 33.6 Å². The van der Waals surface area contributed by atoms with Crippen LogP contribution >= 0.6 is 0 Å². The number of guanidine groups is 2. The third-order valence-electron chi connectivity index (χ3n) is 8.79. The number of carbonyl (C=O) groups is 7. The molecule has 0 aliphatic carbocycles. The van der Waals surface area contributed by atoms with Crippen LogP contribution in [0.2, 0.25) is 0 Å². The molecule has 65 heavy (non-hydrogen) atoms. The van der Waals surface area contributed by atoms with Gasteiger partial charge in [0.25, 0.3) is 5.97 Å². The zero-order valence-electron chi connectivity index (χ0n) is 36.8. The molecule has 3 rings (SSSR count). The summed E-state index contributed by atoms with van der Waals surface area (Å²) in [4.78, 5) is 108. The number of fused-ring (bicyclic) bond motifs is 1. The van der Waals surface area contributed by atoms with E-state index in [0.29, 0.717) is 16.6 Å². The molecule has 1 heterocycles. The number of nitrogens with one attached hydrogen (secondary N) is 6. The molecular formula is C42H60N12O11. The van der Waals surface area contributed by atoms with E-state index in [-0.39, 0.29) is 75.2 Å². The van der Waals surface area contributed by atoms with Crippen LogP contribution in [-0.2, 0) is 40.1 Å². The Morgan fingerprint density at radius 2 is 1.29 bits per heavy atom. The molecule has 23 nitrogen and oxygen atoms in total.